The van der Waals surface area contributed by atoms with E-state index in [-0.39, 0.29) is 16.0 Å². The monoisotopic (exact) mass is 286 g/mol. The summed E-state index contributed by atoms with van der Waals surface area (Å²) in [5.74, 6) is -0.498. The Morgan fingerprint density at radius 1 is 1.44 bits per heavy atom. The van der Waals surface area contributed by atoms with E-state index in [4.69, 9.17) is 23.2 Å². The summed E-state index contributed by atoms with van der Waals surface area (Å²) >= 11 is 11.6. The van der Waals surface area contributed by atoms with Crippen molar-refractivity contribution >= 4 is 34.8 Å². The maximum absolute atomic E-state index is 11.8. The second-order valence-electron chi connectivity index (χ2n) is 3.54. The van der Waals surface area contributed by atoms with Crippen molar-refractivity contribution in [1.29, 1.82) is 0 Å². The van der Waals surface area contributed by atoms with Gasteiger partial charge in [-0.15, -0.1) is 0 Å². The van der Waals surface area contributed by atoms with Gasteiger partial charge >= 0.3 is 5.69 Å². The number of halogens is 2. The van der Waals surface area contributed by atoms with Gasteiger partial charge in [-0.2, -0.15) is 0 Å². The maximum Gasteiger partial charge on any atom is 0.323 e. The third-order valence-corrected chi connectivity index (χ3v) is 2.69. The van der Waals surface area contributed by atoms with Crippen molar-refractivity contribution in [3.8, 4) is 0 Å². The molecule has 2 rings (SSSR count). The van der Waals surface area contributed by atoms with E-state index in [0.29, 0.717) is 11.3 Å². The van der Waals surface area contributed by atoms with E-state index in [0.717, 1.165) is 0 Å². The Hall–Kier alpha value is -1.79. The summed E-state index contributed by atoms with van der Waals surface area (Å²) < 4.78 is 0. The number of hydrogen-bond donors (Lipinski definition) is 3. The first-order valence-corrected chi connectivity index (χ1v) is 5.64. The number of carbonyl (C=O) groups is 1. The number of H-pyrrole nitrogens is 2. The average Bonchev–Trinajstić information content (AvgIpc) is 2.70. The number of aromatic amines is 2. The van der Waals surface area contributed by atoms with Crippen LogP contribution in [0.1, 0.15) is 16.1 Å². The van der Waals surface area contributed by atoms with Crippen molar-refractivity contribution in [3.63, 3.8) is 0 Å². The fourth-order valence-electron chi connectivity index (χ4n) is 1.38. The molecule has 0 aliphatic rings. The van der Waals surface area contributed by atoms with Gasteiger partial charge in [-0.25, -0.2) is 9.78 Å². The predicted octanol–water partition coefficient (Wildman–Crippen LogP) is 1.97. The molecule has 8 heteroatoms. The van der Waals surface area contributed by atoms with Crippen molar-refractivity contribution in [2.45, 2.75) is 6.92 Å². The third-order valence-electron chi connectivity index (χ3n) is 2.22. The molecule has 0 bridgehead atoms. The number of aryl methyl sites for hydroxylation is 1. The molecule has 6 nitrogen and oxygen atoms in total. The number of amides is 1. The van der Waals surface area contributed by atoms with Crippen LogP contribution in [0.25, 0.3) is 0 Å². The molecule has 2 aromatic heterocycles. The van der Waals surface area contributed by atoms with Gasteiger partial charge in [0.15, 0.2) is 5.15 Å². The summed E-state index contributed by atoms with van der Waals surface area (Å²) in [6.07, 6.45) is 1.27. The summed E-state index contributed by atoms with van der Waals surface area (Å²) in [7, 11) is 0. The van der Waals surface area contributed by atoms with Crippen LogP contribution in [0.4, 0.5) is 5.69 Å². The SMILES string of the molecule is Cc1cc(Cl)nc(Cl)c1NC(=O)c1c[nH]c(=O)[nH]1. The van der Waals surface area contributed by atoms with Crippen LogP contribution in [0.5, 0.6) is 0 Å². The Balaban J connectivity index is 2.30. The topological polar surface area (TPSA) is 90.6 Å². The molecule has 0 saturated carbocycles. The van der Waals surface area contributed by atoms with Crippen LogP contribution in [0.3, 0.4) is 0 Å². The van der Waals surface area contributed by atoms with Crippen LogP contribution in [-0.4, -0.2) is 20.9 Å². The number of nitrogens with zero attached hydrogens (tertiary/aromatic N) is 1. The zero-order valence-corrected chi connectivity index (χ0v) is 10.7. The zero-order chi connectivity index (χ0) is 13.3. The standard InChI is InChI=1S/C10H8Cl2N4O2/c1-4-2-6(11)15-8(12)7(4)16-9(17)5-3-13-10(18)14-5/h2-3H,1H3,(H,16,17)(H2,13,14,18). The van der Waals surface area contributed by atoms with Gasteiger partial charge in [0.2, 0.25) is 0 Å². The third kappa shape index (κ3) is 2.55. The van der Waals surface area contributed by atoms with Crippen LogP contribution >= 0.6 is 23.2 Å². The Kier molecular flexibility index (Phi) is 3.40. The minimum Gasteiger partial charge on any atom is -0.318 e. The molecule has 0 saturated heterocycles. The Morgan fingerprint density at radius 2 is 2.17 bits per heavy atom. The molecule has 0 aliphatic carbocycles. The summed E-state index contributed by atoms with van der Waals surface area (Å²) in [5, 5.41) is 2.88. The number of carbonyl (C=O) groups excluding carboxylic acids is 1. The molecular formula is C10H8Cl2N4O2. The number of rotatable bonds is 2. The summed E-state index contributed by atoms with van der Waals surface area (Å²) in [4.78, 5) is 31.2. The van der Waals surface area contributed by atoms with Gasteiger partial charge in [-0.1, -0.05) is 23.2 Å². The van der Waals surface area contributed by atoms with Crippen molar-refractivity contribution in [2.75, 3.05) is 5.32 Å². The van der Waals surface area contributed by atoms with E-state index in [1.807, 2.05) is 0 Å². The maximum atomic E-state index is 11.8. The second kappa shape index (κ2) is 4.83. The van der Waals surface area contributed by atoms with E-state index in [1.165, 1.54) is 6.20 Å². The normalized spacial score (nSPS) is 10.4. The molecule has 0 fully saturated rings. The highest BCUT2D eigenvalue weighted by molar-refractivity contribution is 6.35. The lowest BCUT2D eigenvalue weighted by Gasteiger charge is -2.09. The van der Waals surface area contributed by atoms with Crippen LogP contribution in [0.15, 0.2) is 17.1 Å². The fraction of sp³-hybridized carbons (Fsp3) is 0.100. The van der Waals surface area contributed by atoms with Crippen LogP contribution in [-0.2, 0) is 0 Å². The Labute approximate surface area is 111 Å². The minimum absolute atomic E-state index is 0.0891. The fourth-order valence-corrected chi connectivity index (χ4v) is 1.96. The van der Waals surface area contributed by atoms with Gasteiger partial charge in [0.25, 0.3) is 5.91 Å². The summed E-state index contributed by atoms with van der Waals surface area (Å²) in [6.45, 7) is 1.73. The van der Waals surface area contributed by atoms with Gasteiger partial charge < -0.3 is 15.3 Å². The Morgan fingerprint density at radius 3 is 2.72 bits per heavy atom. The molecule has 0 atom stereocenters. The molecule has 0 radical (unpaired) electrons. The van der Waals surface area contributed by atoms with Gasteiger partial charge in [0.1, 0.15) is 10.8 Å². The molecule has 2 heterocycles. The summed E-state index contributed by atoms with van der Waals surface area (Å²) in [6, 6.07) is 1.57. The molecular weight excluding hydrogens is 279 g/mol. The lowest BCUT2D eigenvalue weighted by atomic mass is 10.2. The van der Waals surface area contributed by atoms with Crippen molar-refractivity contribution in [2.24, 2.45) is 0 Å². The van der Waals surface area contributed by atoms with Gasteiger partial charge in [-0.05, 0) is 18.6 Å². The van der Waals surface area contributed by atoms with E-state index in [9.17, 15) is 9.59 Å². The first-order valence-electron chi connectivity index (χ1n) is 4.89. The number of pyridine rings is 1. The highest BCUT2D eigenvalue weighted by Crippen LogP contribution is 2.26. The van der Waals surface area contributed by atoms with Crippen molar-refractivity contribution in [1.82, 2.24) is 15.0 Å². The predicted molar refractivity (Wildman–Crippen MR) is 68.4 cm³/mol. The van der Waals surface area contributed by atoms with Crippen LogP contribution in [0, 0.1) is 6.92 Å². The van der Waals surface area contributed by atoms with Crippen molar-refractivity contribution < 1.29 is 4.79 Å². The van der Waals surface area contributed by atoms with E-state index >= 15 is 0 Å². The smallest absolute Gasteiger partial charge is 0.318 e. The molecule has 1 amide bonds. The largest absolute Gasteiger partial charge is 0.323 e. The molecule has 18 heavy (non-hydrogen) atoms. The highest BCUT2D eigenvalue weighted by atomic mass is 35.5. The molecule has 0 aliphatic heterocycles. The number of hydrogen-bond acceptors (Lipinski definition) is 3. The second-order valence-corrected chi connectivity index (χ2v) is 4.28. The van der Waals surface area contributed by atoms with Crippen molar-refractivity contribution in [3.05, 3.63) is 44.3 Å². The zero-order valence-electron chi connectivity index (χ0n) is 9.17. The first-order chi connectivity index (χ1) is 8.47. The molecule has 3 N–H and O–H groups in total. The number of nitrogens with one attached hydrogen (secondary N) is 3. The first kappa shape index (κ1) is 12.7. The molecule has 94 valence electrons. The average molecular weight is 287 g/mol. The minimum atomic E-state index is -0.498. The van der Waals surface area contributed by atoms with Crippen LogP contribution < -0.4 is 11.0 Å². The van der Waals surface area contributed by atoms with Gasteiger partial charge in [0.05, 0.1) is 5.69 Å². The molecule has 2 aromatic rings. The number of imidazole rings is 1. The lowest BCUT2D eigenvalue weighted by Crippen LogP contribution is -2.15. The molecule has 0 aromatic carbocycles. The quantitative estimate of drug-likeness (QED) is 0.737. The number of anilines is 1. The highest BCUT2D eigenvalue weighted by Gasteiger charge is 2.13. The van der Waals surface area contributed by atoms with Crippen LogP contribution in [0.2, 0.25) is 10.3 Å². The molecule has 0 spiro atoms. The molecule has 0 unspecified atom stereocenters. The van der Waals surface area contributed by atoms with Gasteiger partial charge in [-0.3, -0.25) is 4.79 Å². The van der Waals surface area contributed by atoms with Gasteiger partial charge in [0, 0.05) is 6.20 Å². The van der Waals surface area contributed by atoms with E-state index in [1.54, 1.807) is 13.0 Å². The Bertz CT molecular complexity index is 639. The van der Waals surface area contributed by atoms with E-state index < -0.39 is 11.6 Å². The van der Waals surface area contributed by atoms with E-state index in [2.05, 4.69) is 20.3 Å². The lowest BCUT2D eigenvalue weighted by molar-refractivity contribution is 0.102. The number of aromatic nitrogens is 3. The summed E-state index contributed by atoms with van der Waals surface area (Å²) in [5.41, 5.74) is 0.668.